The fraction of sp³-hybridized carbons (Fsp3) is 0.471. The highest BCUT2D eigenvalue weighted by molar-refractivity contribution is 7.10. The lowest BCUT2D eigenvalue weighted by Crippen LogP contribution is -2.11. The summed E-state index contributed by atoms with van der Waals surface area (Å²) in [6.07, 6.45) is 0. The van der Waals surface area contributed by atoms with E-state index in [1.807, 2.05) is 14.0 Å². The second kappa shape index (κ2) is 6.58. The van der Waals surface area contributed by atoms with Crippen LogP contribution in [-0.2, 0) is 0 Å². The van der Waals surface area contributed by atoms with Gasteiger partial charge in [-0.3, -0.25) is 0 Å². The highest BCUT2D eigenvalue weighted by Crippen LogP contribution is 2.35. The molecule has 0 bridgehead atoms. The molecule has 0 saturated heterocycles. The molecule has 4 heteroatoms. The molecule has 1 atom stereocenters. The number of rotatable bonds is 5. The van der Waals surface area contributed by atoms with Crippen LogP contribution in [0.1, 0.15) is 41.6 Å². The fourth-order valence-electron chi connectivity index (χ4n) is 2.42. The second-order valence-corrected chi connectivity index (χ2v) is 6.22. The number of nitrogens with zero attached hydrogens (tertiary/aromatic N) is 1. The topological polar surface area (TPSA) is 34.1 Å². The molecule has 0 radical (unpaired) electrons. The second-order valence-electron chi connectivity index (χ2n) is 5.33. The van der Waals surface area contributed by atoms with Crippen LogP contribution in [0.4, 0.5) is 0 Å². The zero-order valence-electron chi connectivity index (χ0n) is 13.7. The normalized spacial score (nSPS) is 12.5. The van der Waals surface area contributed by atoms with Crippen molar-refractivity contribution in [2.24, 2.45) is 0 Å². The summed E-state index contributed by atoms with van der Waals surface area (Å²) in [7, 11) is 1.96. The summed E-state index contributed by atoms with van der Waals surface area (Å²) in [4.78, 5) is 4.79. The largest absolute Gasteiger partial charge is 0.493 e. The Morgan fingerprint density at radius 1 is 1.29 bits per heavy atom. The third-order valence-corrected chi connectivity index (χ3v) is 4.94. The van der Waals surface area contributed by atoms with Crippen LogP contribution in [0.25, 0.3) is 11.3 Å². The molecule has 3 nitrogen and oxygen atoms in total. The van der Waals surface area contributed by atoms with Crippen molar-refractivity contribution in [1.29, 1.82) is 0 Å². The Balaban J connectivity index is 2.47. The van der Waals surface area contributed by atoms with Gasteiger partial charge in [0.15, 0.2) is 0 Å². The summed E-state index contributed by atoms with van der Waals surface area (Å²) in [5.41, 5.74) is 5.90. The van der Waals surface area contributed by atoms with Crippen LogP contribution in [0.2, 0.25) is 0 Å². The van der Waals surface area contributed by atoms with Gasteiger partial charge in [0.05, 0.1) is 18.3 Å². The van der Waals surface area contributed by atoms with Crippen LogP contribution in [0.15, 0.2) is 11.4 Å². The molecule has 2 aromatic rings. The average Bonchev–Trinajstić information content (AvgIpc) is 2.96. The predicted octanol–water partition coefficient (Wildman–Crippen LogP) is 4.41. The molecule has 1 heterocycles. The van der Waals surface area contributed by atoms with Crippen molar-refractivity contribution in [3.8, 4) is 17.0 Å². The van der Waals surface area contributed by atoms with Crippen molar-refractivity contribution >= 4 is 11.3 Å². The molecule has 1 aromatic heterocycles. The molecule has 1 unspecified atom stereocenters. The van der Waals surface area contributed by atoms with Crippen molar-refractivity contribution in [2.75, 3.05) is 13.7 Å². The number of benzene rings is 1. The minimum absolute atomic E-state index is 0.286. The Labute approximate surface area is 131 Å². The number of aromatic nitrogens is 1. The van der Waals surface area contributed by atoms with E-state index >= 15 is 0 Å². The molecule has 1 aromatic carbocycles. The van der Waals surface area contributed by atoms with Gasteiger partial charge in [0, 0.05) is 10.9 Å². The summed E-state index contributed by atoms with van der Waals surface area (Å²) in [5, 5.41) is 6.50. The van der Waals surface area contributed by atoms with Gasteiger partial charge in [-0.15, -0.1) is 11.3 Å². The smallest absolute Gasteiger partial charge is 0.125 e. The molecule has 21 heavy (non-hydrogen) atoms. The average molecular weight is 304 g/mol. The van der Waals surface area contributed by atoms with E-state index in [2.05, 4.69) is 44.5 Å². The molecule has 114 valence electrons. The van der Waals surface area contributed by atoms with E-state index in [9.17, 15) is 0 Å². The molecular weight excluding hydrogens is 280 g/mol. The van der Waals surface area contributed by atoms with Crippen molar-refractivity contribution in [3.05, 3.63) is 33.1 Å². The molecule has 0 saturated carbocycles. The summed E-state index contributed by atoms with van der Waals surface area (Å²) in [5.74, 6) is 1.01. The van der Waals surface area contributed by atoms with E-state index in [0.29, 0.717) is 6.61 Å². The number of ether oxygens (including phenoxy) is 1. The SMILES string of the molecule is CCOc1c(C)cc(-c2csc(C(C)NC)n2)c(C)c1C. The maximum atomic E-state index is 5.77. The zero-order chi connectivity index (χ0) is 15.6. The minimum Gasteiger partial charge on any atom is -0.493 e. The van der Waals surface area contributed by atoms with Crippen LogP contribution in [0.3, 0.4) is 0 Å². The Morgan fingerprint density at radius 3 is 2.62 bits per heavy atom. The maximum absolute atomic E-state index is 5.77. The fourth-order valence-corrected chi connectivity index (χ4v) is 3.31. The first-order chi connectivity index (χ1) is 9.99. The first-order valence-electron chi connectivity index (χ1n) is 7.36. The van der Waals surface area contributed by atoms with Crippen LogP contribution < -0.4 is 10.1 Å². The first kappa shape index (κ1) is 16.0. The third-order valence-electron chi connectivity index (χ3n) is 3.92. The van der Waals surface area contributed by atoms with E-state index in [-0.39, 0.29) is 6.04 Å². The Morgan fingerprint density at radius 2 is 2.00 bits per heavy atom. The summed E-state index contributed by atoms with van der Waals surface area (Å²) < 4.78 is 5.77. The first-order valence-corrected chi connectivity index (χ1v) is 8.24. The van der Waals surface area contributed by atoms with Crippen molar-refractivity contribution in [2.45, 2.75) is 40.7 Å². The molecule has 0 aliphatic heterocycles. The van der Waals surface area contributed by atoms with Gasteiger partial charge in [-0.2, -0.15) is 0 Å². The molecule has 0 aliphatic carbocycles. The number of hydrogen-bond donors (Lipinski definition) is 1. The maximum Gasteiger partial charge on any atom is 0.125 e. The van der Waals surface area contributed by atoms with Crippen LogP contribution in [-0.4, -0.2) is 18.6 Å². The number of nitrogens with one attached hydrogen (secondary N) is 1. The van der Waals surface area contributed by atoms with Gasteiger partial charge in [-0.05, 0) is 64.4 Å². The van der Waals surface area contributed by atoms with Crippen molar-refractivity contribution < 1.29 is 4.74 Å². The van der Waals surface area contributed by atoms with Gasteiger partial charge in [-0.25, -0.2) is 4.98 Å². The molecule has 0 fully saturated rings. The van der Waals surface area contributed by atoms with E-state index in [1.54, 1.807) is 11.3 Å². The molecule has 0 aliphatic rings. The van der Waals surface area contributed by atoms with E-state index < -0.39 is 0 Å². The number of thiazole rings is 1. The Hall–Kier alpha value is -1.39. The monoisotopic (exact) mass is 304 g/mol. The summed E-state index contributed by atoms with van der Waals surface area (Å²) in [6.45, 7) is 11.2. The van der Waals surface area contributed by atoms with Gasteiger partial charge in [0.2, 0.25) is 0 Å². The van der Waals surface area contributed by atoms with Gasteiger partial charge in [0.25, 0.3) is 0 Å². The summed E-state index contributed by atoms with van der Waals surface area (Å²) in [6, 6.07) is 2.48. The van der Waals surface area contributed by atoms with E-state index in [0.717, 1.165) is 16.5 Å². The Kier molecular flexibility index (Phi) is 5.01. The van der Waals surface area contributed by atoms with Crippen LogP contribution in [0, 0.1) is 20.8 Å². The Bertz CT molecular complexity index is 634. The summed E-state index contributed by atoms with van der Waals surface area (Å²) >= 11 is 1.71. The quantitative estimate of drug-likeness (QED) is 0.888. The lowest BCUT2D eigenvalue weighted by molar-refractivity contribution is 0.335. The van der Waals surface area contributed by atoms with Crippen LogP contribution in [0.5, 0.6) is 5.75 Å². The van der Waals surface area contributed by atoms with Gasteiger partial charge >= 0.3 is 0 Å². The van der Waals surface area contributed by atoms with E-state index in [1.165, 1.54) is 22.3 Å². The van der Waals surface area contributed by atoms with Crippen molar-refractivity contribution in [1.82, 2.24) is 10.3 Å². The van der Waals surface area contributed by atoms with Crippen molar-refractivity contribution in [3.63, 3.8) is 0 Å². The molecule has 0 amide bonds. The number of aryl methyl sites for hydroxylation is 1. The standard InChI is InChI=1S/C17H24N2OS/c1-7-20-16-10(2)8-14(11(3)12(16)4)15-9-21-17(19-15)13(5)18-6/h8-9,13,18H,7H2,1-6H3. The molecule has 1 N–H and O–H groups in total. The molecule has 0 spiro atoms. The van der Waals surface area contributed by atoms with E-state index in [4.69, 9.17) is 9.72 Å². The zero-order valence-corrected chi connectivity index (χ0v) is 14.5. The van der Waals surface area contributed by atoms with Gasteiger partial charge < -0.3 is 10.1 Å². The molecule has 2 rings (SSSR count). The number of hydrogen-bond acceptors (Lipinski definition) is 4. The lowest BCUT2D eigenvalue weighted by atomic mass is 9.97. The third kappa shape index (κ3) is 3.11. The highest BCUT2D eigenvalue weighted by atomic mass is 32.1. The lowest BCUT2D eigenvalue weighted by Gasteiger charge is -2.16. The highest BCUT2D eigenvalue weighted by Gasteiger charge is 2.16. The van der Waals surface area contributed by atoms with Gasteiger partial charge in [-0.1, -0.05) is 0 Å². The van der Waals surface area contributed by atoms with Gasteiger partial charge in [0.1, 0.15) is 10.8 Å². The molecular formula is C17H24N2OS. The van der Waals surface area contributed by atoms with Crippen LogP contribution >= 0.6 is 11.3 Å². The predicted molar refractivity (Wildman–Crippen MR) is 90.4 cm³/mol. The minimum atomic E-state index is 0.286.